The molecule has 1 N–H and O–H groups in total. The molecule has 76 valence electrons. The van der Waals surface area contributed by atoms with Crippen LogP contribution < -0.4 is 0 Å². The second-order valence-electron chi connectivity index (χ2n) is 3.23. The molecule has 0 radical (unpaired) electrons. The van der Waals surface area contributed by atoms with Gasteiger partial charge in [-0.3, -0.25) is 4.98 Å². The van der Waals surface area contributed by atoms with Gasteiger partial charge in [0, 0.05) is 16.9 Å². The van der Waals surface area contributed by atoms with Gasteiger partial charge in [0.25, 0.3) is 0 Å². The lowest BCUT2D eigenvalue weighted by molar-refractivity contribution is 0.220. The fourth-order valence-corrected chi connectivity index (χ4v) is 1.65. The molecule has 0 bridgehead atoms. The van der Waals surface area contributed by atoms with Crippen LogP contribution in [0.5, 0.6) is 0 Å². The summed E-state index contributed by atoms with van der Waals surface area (Å²) >= 11 is 3.36. The summed E-state index contributed by atoms with van der Waals surface area (Å²) in [7, 11) is 0. The third kappa shape index (κ3) is 2.43. The third-order valence-corrected chi connectivity index (χ3v) is 2.74. The number of halogens is 1. The van der Waals surface area contributed by atoms with Gasteiger partial charge in [0.05, 0.1) is 0 Å². The normalized spacial score (nSPS) is 12.4. The van der Waals surface area contributed by atoms with Gasteiger partial charge in [-0.2, -0.15) is 0 Å². The highest BCUT2D eigenvalue weighted by atomic mass is 79.9. The second-order valence-corrected chi connectivity index (χ2v) is 4.15. The molecule has 1 heterocycles. The highest BCUT2D eigenvalue weighted by molar-refractivity contribution is 9.10. The van der Waals surface area contributed by atoms with Crippen molar-refractivity contribution in [3.05, 3.63) is 64.4 Å². The summed E-state index contributed by atoms with van der Waals surface area (Å²) in [5.74, 6) is 0. The van der Waals surface area contributed by atoms with Gasteiger partial charge in [-0.1, -0.05) is 28.1 Å². The van der Waals surface area contributed by atoms with Gasteiger partial charge < -0.3 is 5.11 Å². The number of nitrogens with zero attached hydrogens (tertiary/aromatic N) is 1. The molecule has 2 aromatic rings. The lowest BCUT2D eigenvalue weighted by atomic mass is 10.0. The second kappa shape index (κ2) is 4.55. The number of rotatable bonds is 2. The molecule has 0 saturated carbocycles. The van der Waals surface area contributed by atoms with E-state index in [1.807, 2.05) is 36.4 Å². The number of aliphatic hydroxyl groups is 1. The van der Waals surface area contributed by atoms with Gasteiger partial charge in [0.1, 0.15) is 6.10 Å². The molecule has 2 rings (SSSR count). The minimum atomic E-state index is -0.582. The maximum absolute atomic E-state index is 10.0. The molecule has 3 heteroatoms. The molecule has 0 unspecified atom stereocenters. The average molecular weight is 264 g/mol. The lowest BCUT2D eigenvalue weighted by Gasteiger charge is -2.10. The molecule has 0 aliphatic rings. The van der Waals surface area contributed by atoms with E-state index < -0.39 is 6.10 Å². The van der Waals surface area contributed by atoms with Crippen molar-refractivity contribution in [3.63, 3.8) is 0 Å². The average Bonchev–Trinajstić information content (AvgIpc) is 2.30. The van der Waals surface area contributed by atoms with Crippen LogP contribution in [-0.2, 0) is 0 Å². The number of aromatic nitrogens is 1. The highest BCUT2D eigenvalue weighted by Crippen LogP contribution is 2.22. The molecule has 1 aromatic heterocycles. The zero-order valence-corrected chi connectivity index (χ0v) is 9.55. The van der Waals surface area contributed by atoms with Gasteiger partial charge in [-0.25, -0.2) is 0 Å². The van der Waals surface area contributed by atoms with Crippen molar-refractivity contribution in [2.45, 2.75) is 6.10 Å². The van der Waals surface area contributed by atoms with Gasteiger partial charge in [0.15, 0.2) is 0 Å². The molecule has 0 spiro atoms. The van der Waals surface area contributed by atoms with Gasteiger partial charge in [-0.15, -0.1) is 0 Å². The minimum Gasteiger partial charge on any atom is -0.384 e. The van der Waals surface area contributed by atoms with Crippen molar-refractivity contribution in [1.29, 1.82) is 0 Å². The van der Waals surface area contributed by atoms with Crippen LogP contribution >= 0.6 is 15.9 Å². The van der Waals surface area contributed by atoms with Crippen LogP contribution in [0.1, 0.15) is 17.2 Å². The molecule has 15 heavy (non-hydrogen) atoms. The first-order valence-corrected chi connectivity index (χ1v) is 5.40. The third-order valence-electron chi connectivity index (χ3n) is 2.21. The van der Waals surface area contributed by atoms with E-state index in [0.717, 1.165) is 15.6 Å². The van der Waals surface area contributed by atoms with Crippen LogP contribution in [0.3, 0.4) is 0 Å². The molecule has 0 aliphatic carbocycles. The Morgan fingerprint density at radius 3 is 2.07 bits per heavy atom. The number of hydrogen-bond acceptors (Lipinski definition) is 2. The highest BCUT2D eigenvalue weighted by Gasteiger charge is 2.08. The van der Waals surface area contributed by atoms with Crippen LogP contribution in [0, 0.1) is 0 Å². The monoisotopic (exact) mass is 263 g/mol. The topological polar surface area (TPSA) is 33.1 Å². The molecule has 0 saturated heterocycles. The van der Waals surface area contributed by atoms with Crippen molar-refractivity contribution in [2.24, 2.45) is 0 Å². The maximum Gasteiger partial charge on any atom is 0.104 e. The van der Waals surface area contributed by atoms with Crippen LogP contribution in [0.25, 0.3) is 0 Å². The Morgan fingerprint density at radius 1 is 0.933 bits per heavy atom. The van der Waals surface area contributed by atoms with Crippen molar-refractivity contribution in [3.8, 4) is 0 Å². The standard InChI is InChI=1S/C12H10BrNO/c13-11-3-1-9(2-4-11)12(15)10-5-7-14-8-6-10/h1-8,12,15H/t12-/m1/s1. The van der Waals surface area contributed by atoms with Crippen molar-refractivity contribution in [2.75, 3.05) is 0 Å². The number of hydrogen-bond donors (Lipinski definition) is 1. The Balaban J connectivity index is 2.29. The Morgan fingerprint density at radius 2 is 1.47 bits per heavy atom. The van der Waals surface area contributed by atoms with E-state index >= 15 is 0 Å². The zero-order chi connectivity index (χ0) is 10.7. The van der Waals surface area contributed by atoms with E-state index in [0.29, 0.717) is 0 Å². The molecule has 2 nitrogen and oxygen atoms in total. The van der Waals surface area contributed by atoms with Crippen LogP contribution in [0.4, 0.5) is 0 Å². The van der Waals surface area contributed by atoms with Gasteiger partial charge >= 0.3 is 0 Å². The Kier molecular flexibility index (Phi) is 3.14. The molecule has 0 fully saturated rings. The number of benzene rings is 1. The Hall–Kier alpha value is -1.19. The Bertz CT molecular complexity index is 427. The quantitative estimate of drug-likeness (QED) is 0.904. The largest absolute Gasteiger partial charge is 0.384 e. The van der Waals surface area contributed by atoms with Crippen LogP contribution in [-0.4, -0.2) is 10.1 Å². The van der Waals surface area contributed by atoms with Crippen LogP contribution in [0.15, 0.2) is 53.3 Å². The smallest absolute Gasteiger partial charge is 0.104 e. The van der Waals surface area contributed by atoms with E-state index in [2.05, 4.69) is 20.9 Å². The molecular formula is C12H10BrNO. The molecule has 1 atom stereocenters. The summed E-state index contributed by atoms with van der Waals surface area (Å²) in [6, 6.07) is 11.3. The van der Waals surface area contributed by atoms with E-state index in [4.69, 9.17) is 0 Å². The van der Waals surface area contributed by atoms with Gasteiger partial charge in [0.2, 0.25) is 0 Å². The predicted octanol–water partition coefficient (Wildman–Crippen LogP) is 2.93. The van der Waals surface area contributed by atoms with Gasteiger partial charge in [-0.05, 0) is 35.4 Å². The zero-order valence-electron chi connectivity index (χ0n) is 7.97. The maximum atomic E-state index is 10.0. The molecule has 0 aliphatic heterocycles. The minimum absolute atomic E-state index is 0.582. The summed E-state index contributed by atoms with van der Waals surface area (Å²) in [6.45, 7) is 0. The first-order valence-electron chi connectivity index (χ1n) is 4.61. The SMILES string of the molecule is O[C@@H](c1ccncc1)c1ccc(Br)cc1. The van der Waals surface area contributed by atoms with E-state index in [1.165, 1.54) is 0 Å². The van der Waals surface area contributed by atoms with Crippen molar-refractivity contribution >= 4 is 15.9 Å². The lowest BCUT2D eigenvalue weighted by Crippen LogP contribution is -1.98. The summed E-state index contributed by atoms with van der Waals surface area (Å²) in [5.41, 5.74) is 1.73. The summed E-state index contributed by atoms with van der Waals surface area (Å²) in [5, 5.41) is 10.0. The fraction of sp³-hybridized carbons (Fsp3) is 0.0833. The fourth-order valence-electron chi connectivity index (χ4n) is 1.38. The van der Waals surface area contributed by atoms with Crippen molar-refractivity contribution < 1.29 is 5.11 Å². The first-order chi connectivity index (χ1) is 7.27. The summed E-state index contributed by atoms with van der Waals surface area (Å²) in [6.07, 6.45) is 2.77. The summed E-state index contributed by atoms with van der Waals surface area (Å²) < 4.78 is 1.01. The van der Waals surface area contributed by atoms with Crippen LogP contribution in [0.2, 0.25) is 0 Å². The van der Waals surface area contributed by atoms with E-state index in [9.17, 15) is 5.11 Å². The first kappa shape index (κ1) is 10.3. The Labute approximate surface area is 96.7 Å². The van der Waals surface area contributed by atoms with E-state index in [-0.39, 0.29) is 0 Å². The van der Waals surface area contributed by atoms with Crippen molar-refractivity contribution in [1.82, 2.24) is 4.98 Å². The number of pyridine rings is 1. The predicted molar refractivity (Wildman–Crippen MR) is 62.4 cm³/mol. The molecular weight excluding hydrogens is 254 g/mol. The number of aliphatic hydroxyl groups excluding tert-OH is 1. The molecule has 0 amide bonds. The summed E-state index contributed by atoms with van der Waals surface area (Å²) in [4.78, 5) is 3.92. The van der Waals surface area contributed by atoms with E-state index in [1.54, 1.807) is 12.4 Å². The molecule has 1 aromatic carbocycles.